The molecule has 5 heteroatoms. The minimum Gasteiger partial charge on any atom is -0.497 e. The van der Waals surface area contributed by atoms with E-state index in [1.54, 1.807) is 27.6 Å². The molecule has 1 N–H and O–H groups in total. The van der Waals surface area contributed by atoms with E-state index >= 15 is 0 Å². The van der Waals surface area contributed by atoms with Crippen LogP contribution in [0.3, 0.4) is 0 Å². The van der Waals surface area contributed by atoms with Crippen LogP contribution in [-0.2, 0) is 11.3 Å². The summed E-state index contributed by atoms with van der Waals surface area (Å²) in [5.74, 6) is 1.96. The van der Waals surface area contributed by atoms with Gasteiger partial charge in [-0.05, 0) is 36.6 Å². The number of allylic oxidation sites excluding steroid dienone is 1. The summed E-state index contributed by atoms with van der Waals surface area (Å²) in [5, 5.41) is 3.40. The maximum atomic E-state index is 5.53. The second-order valence-electron chi connectivity index (χ2n) is 4.87. The Bertz CT molecular complexity index is 462. The van der Waals surface area contributed by atoms with Crippen LogP contribution in [0.1, 0.15) is 18.4 Å². The van der Waals surface area contributed by atoms with Gasteiger partial charge in [-0.25, -0.2) is 0 Å². The van der Waals surface area contributed by atoms with Gasteiger partial charge in [0, 0.05) is 13.1 Å². The van der Waals surface area contributed by atoms with Crippen molar-refractivity contribution in [3.05, 3.63) is 30.0 Å². The van der Waals surface area contributed by atoms with Crippen molar-refractivity contribution < 1.29 is 18.9 Å². The molecule has 116 valence electrons. The number of hydrogen-bond donors (Lipinski definition) is 1. The second kappa shape index (κ2) is 7.78. The molecule has 1 aromatic carbocycles. The number of methoxy groups -OCH3 is 3. The average Bonchev–Trinajstić information content (AvgIpc) is 2.54. The van der Waals surface area contributed by atoms with Crippen molar-refractivity contribution in [1.29, 1.82) is 0 Å². The summed E-state index contributed by atoms with van der Waals surface area (Å²) in [5.41, 5.74) is 1.08. The lowest BCUT2D eigenvalue weighted by Crippen LogP contribution is -2.28. The molecule has 1 atom stereocenters. The highest BCUT2D eigenvalue weighted by atomic mass is 16.5. The van der Waals surface area contributed by atoms with Gasteiger partial charge in [0.2, 0.25) is 5.75 Å². The number of ether oxygens (including phenoxy) is 4. The van der Waals surface area contributed by atoms with Gasteiger partial charge < -0.3 is 24.3 Å². The molecule has 0 radical (unpaired) electrons. The predicted molar refractivity (Wildman–Crippen MR) is 81.1 cm³/mol. The molecule has 0 bridgehead atoms. The summed E-state index contributed by atoms with van der Waals surface area (Å²) >= 11 is 0. The third kappa shape index (κ3) is 4.04. The molecule has 1 aliphatic heterocycles. The minimum absolute atomic E-state index is 0.247. The van der Waals surface area contributed by atoms with Crippen molar-refractivity contribution in [2.45, 2.75) is 25.5 Å². The van der Waals surface area contributed by atoms with Crippen molar-refractivity contribution >= 4 is 0 Å². The van der Waals surface area contributed by atoms with Crippen LogP contribution in [0.4, 0.5) is 0 Å². The summed E-state index contributed by atoms with van der Waals surface area (Å²) in [6.45, 7) is 1.54. The smallest absolute Gasteiger partial charge is 0.203 e. The lowest BCUT2D eigenvalue weighted by Gasteiger charge is -2.20. The Balaban J connectivity index is 1.97. The van der Waals surface area contributed by atoms with Crippen LogP contribution >= 0.6 is 0 Å². The van der Waals surface area contributed by atoms with Crippen molar-refractivity contribution in [1.82, 2.24) is 5.32 Å². The first-order chi connectivity index (χ1) is 10.3. The molecule has 0 amide bonds. The molecule has 0 aliphatic carbocycles. The summed E-state index contributed by atoms with van der Waals surface area (Å²) in [6.07, 6.45) is 6.22. The molecule has 0 saturated heterocycles. The van der Waals surface area contributed by atoms with E-state index in [1.165, 1.54) is 0 Å². The first-order valence-corrected chi connectivity index (χ1v) is 7.08. The third-order valence-electron chi connectivity index (χ3n) is 3.45. The van der Waals surface area contributed by atoms with E-state index < -0.39 is 0 Å². The van der Waals surface area contributed by atoms with Gasteiger partial charge in [-0.3, -0.25) is 0 Å². The summed E-state index contributed by atoms with van der Waals surface area (Å²) in [6, 6.07) is 3.91. The fourth-order valence-corrected chi connectivity index (χ4v) is 2.35. The molecule has 0 spiro atoms. The fourth-order valence-electron chi connectivity index (χ4n) is 2.35. The van der Waals surface area contributed by atoms with Crippen molar-refractivity contribution in [2.24, 2.45) is 0 Å². The van der Waals surface area contributed by atoms with Gasteiger partial charge in [0.05, 0.1) is 27.6 Å². The maximum absolute atomic E-state index is 5.53. The Kier molecular flexibility index (Phi) is 5.75. The minimum atomic E-state index is 0.247. The summed E-state index contributed by atoms with van der Waals surface area (Å²) in [7, 11) is 4.85. The average molecular weight is 293 g/mol. The molecule has 2 rings (SSSR count). The molecule has 5 nitrogen and oxygen atoms in total. The van der Waals surface area contributed by atoms with Gasteiger partial charge in [-0.15, -0.1) is 0 Å². The van der Waals surface area contributed by atoms with Crippen molar-refractivity contribution in [2.75, 3.05) is 27.9 Å². The number of rotatable bonds is 7. The Morgan fingerprint density at radius 2 is 1.86 bits per heavy atom. The Labute approximate surface area is 125 Å². The van der Waals surface area contributed by atoms with Gasteiger partial charge in [0.15, 0.2) is 11.5 Å². The Morgan fingerprint density at radius 3 is 2.38 bits per heavy atom. The van der Waals surface area contributed by atoms with Gasteiger partial charge in [-0.1, -0.05) is 0 Å². The molecule has 1 unspecified atom stereocenters. The SMILES string of the molecule is COc1cc(CNCC2CCC=CO2)cc(OC)c1OC. The third-order valence-corrected chi connectivity index (χ3v) is 3.45. The number of hydrogen-bond acceptors (Lipinski definition) is 5. The van der Waals surface area contributed by atoms with Crippen LogP contribution in [-0.4, -0.2) is 34.0 Å². The Morgan fingerprint density at radius 1 is 1.14 bits per heavy atom. The summed E-state index contributed by atoms with van der Waals surface area (Å²) in [4.78, 5) is 0. The van der Waals surface area contributed by atoms with E-state index in [2.05, 4.69) is 11.4 Å². The zero-order chi connectivity index (χ0) is 15.1. The molecular formula is C16H23NO4. The predicted octanol–water partition coefficient (Wildman–Crippen LogP) is 2.49. The fraction of sp³-hybridized carbons (Fsp3) is 0.500. The molecule has 0 saturated carbocycles. The molecule has 1 aromatic rings. The summed E-state index contributed by atoms with van der Waals surface area (Å²) < 4.78 is 21.5. The monoisotopic (exact) mass is 293 g/mol. The van der Waals surface area contributed by atoms with Gasteiger partial charge >= 0.3 is 0 Å². The molecule has 21 heavy (non-hydrogen) atoms. The standard InChI is InChI=1S/C16H23NO4/c1-18-14-8-12(9-15(19-2)16(14)20-3)10-17-11-13-6-4-5-7-21-13/h5,7-9,13,17H,4,6,10-11H2,1-3H3. The van der Waals surface area contributed by atoms with Gasteiger partial charge in [-0.2, -0.15) is 0 Å². The molecule has 0 fully saturated rings. The molecule has 0 aromatic heterocycles. The van der Waals surface area contributed by atoms with Crippen LogP contribution in [0.25, 0.3) is 0 Å². The van der Waals surface area contributed by atoms with E-state index in [9.17, 15) is 0 Å². The van der Waals surface area contributed by atoms with E-state index in [4.69, 9.17) is 18.9 Å². The normalized spacial score (nSPS) is 17.2. The van der Waals surface area contributed by atoms with Crippen LogP contribution in [0, 0.1) is 0 Å². The lowest BCUT2D eigenvalue weighted by molar-refractivity contribution is 0.122. The number of nitrogens with one attached hydrogen (secondary N) is 1. The van der Waals surface area contributed by atoms with E-state index in [-0.39, 0.29) is 6.10 Å². The highest BCUT2D eigenvalue weighted by Crippen LogP contribution is 2.38. The van der Waals surface area contributed by atoms with Crippen LogP contribution in [0.5, 0.6) is 17.2 Å². The highest BCUT2D eigenvalue weighted by molar-refractivity contribution is 5.53. The van der Waals surface area contributed by atoms with Gasteiger partial charge in [0.1, 0.15) is 6.10 Å². The molecular weight excluding hydrogens is 270 g/mol. The molecule has 1 heterocycles. The zero-order valence-electron chi connectivity index (χ0n) is 12.8. The van der Waals surface area contributed by atoms with E-state index in [1.807, 2.05) is 12.1 Å². The second-order valence-corrected chi connectivity index (χ2v) is 4.87. The largest absolute Gasteiger partial charge is 0.497 e. The van der Waals surface area contributed by atoms with Gasteiger partial charge in [0.25, 0.3) is 0 Å². The quantitative estimate of drug-likeness (QED) is 0.837. The topological polar surface area (TPSA) is 49.0 Å². The first-order valence-electron chi connectivity index (χ1n) is 7.08. The highest BCUT2D eigenvalue weighted by Gasteiger charge is 2.14. The van der Waals surface area contributed by atoms with E-state index in [0.717, 1.165) is 31.5 Å². The van der Waals surface area contributed by atoms with Crippen molar-refractivity contribution in [3.63, 3.8) is 0 Å². The molecule has 1 aliphatic rings. The maximum Gasteiger partial charge on any atom is 0.203 e. The zero-order valence-corrected chi connectivity index (χ0v) is 12.8. The number of benzene rings is 1. The first kappa shape index (κ1) is 15.5. The van der Waals surface area contributed by atoms with Crippen molar-refractivity contribution in [3.8, 4) is 17.2 Å². The van der Waals surface area contributed by atoms with Crippen LogP contribution < -0.4 is 19.5 Å². The van der Waals surface area contributed by atoms with Crippen LogP contribution in [0.2, 0.25) is 0 Å². The van der Waals surface area contributed by atoms with E-state index in [0.29, 0.717) is 17.2 Å². The van der Waals surface area contributed by atoms with Crippen LogP contribution in [0.15, 0.2) is 24.5 Å². The Hall–Kier alpha value is -1.88. The lowest BCUT2D eigenvalue weighted by atomic mass is 10.1.